The number of amides is 1. The zero-order valence-electron chi connectivity index (χ0n) is 12.5. The van der Waals surface area contributed by atoms with Gasteiger partial charge in [-0.3, -0.25) is 9.69 Å². The first kappa shape index (κ1) is 17.3. The highest BCUT2D eigenvalue weighted by molar-refractivity contribution is 5.78. The highest BCUT2D eigenvalue weighted by atomic mass is 19.4. The minimum Gasteiger partial charge on any atom is -0.341 e. The first-order valence-corrected chi connectivity index (χ1v) is 7.23. The largest absolute Gasteiger partial charge is 0.393 e. The molecule has 0 spiro atoms. The van der Waals surface area contributed by atoms with Gasteiger partial charge in [0.25, 0.3) is 0 Å². The average Bonchev–Trinajstić information content (AvgIpc) is 2.35. The van der Waals surface area contributed by atoms with Crippen molar-refractivity contribution in [2.45, 2.75) is 39.3 Å². The van der Waals surface area contributed by atoms with Gasteiger partial charge in [-0.15, -0.1) is 0 Å². The number of hydrogen-bond donors (Lipinski definition) is 0. The van der Waals surface area contributed by atoms with E-state index in [-0.39, 0.29) is 25.4 Å². The molecule has 0 aromatic carbocycles. The number of alkyl halides is 3. The fraction of sp³-hybridized carbons (Fsp3) is 0.929. The van der Waals surface area contributed by atoms with E-state index >= 15 is 0 Å². The minimum absolute atomic E-state index is 0.135. The maximum Gasteiger partial charge on any atom is 0.393 e. The normalized spacial score (nSPS) is 20.8. The van der Waals surface area contributed by atoms with Crippen molar-refractivity contribution in [1.29, 1.82) is 0 Å². The molecule has 1 saturated heterocycles. The Bertz CT molecular complexity index is 318. The molecular formula is C14H25F3N2O. The molecule has 118 valence electrons. The molecule has 1 amide bonds. The van der Waals surface area contributed by atoms with Gasteiger partial charge in [-0.1, -0.05) is 13.8 Å². The van der Waals surface area contributed by atoms with E-state index in [1.807, 2.05) is 11.9 Å². The third-order valence-corrected chi connectivity index (χ3v) is 3.73. The molecule has 0 radical (unpaired) electrons. The van der Waals surface area contributed by atoms with E-state index in [1.54, 1.807) is 0 Å². The van der Waals surface area contributed by atoms with Gasteiger partial charge in [-0.2, -0.15) is 13.2 Å². The lowest BCUT2D eigenvalue weighted by Crippen LogP contribution is -2.47. The summed E-state index contributed by atoms with van der Waals surface area (Å²) in [5.74, 6) is -0.997. The molecule has 20 heavy (non-hydrogen) atoms. The third kappa shape index (κ3) is 5.69. The van der Waals surface area contributed by atoms with Crippen LogP contribution in [-0.4, -0.2) is 55.1 Å². The van der Waals surface area contributed by atoms with Crippen LogP contribution in [0.1, 0.15) is 33.1 Å². The van der Waals surface area contributed by atoms with Crippen molar-refractivity contribution in [3.8, 4) is 0 Å². The number of likely N-dealkylation sites (N-methyl/N-ethyl adjacent to an activating group) is 1. The molecule has 6 heteroatoms. The van der Waals surface area contributed by atoms with E-state index in [0.29, 0.717) is 18.9 Å². The summed E-state index contributed by atoms with van der Waals surface area (Å²) in [5.41, 5.74) is 0. The summed E-state index contributed by atoms with van der Waals surface area (Å²) >= 11 is 0. The molecule has 1 unspecified atom stereocenters. The highest BCUT2D eigenvalue weighted by Gasteiger charge is 2.42. The summed E-state index contributed by atoms with van der Waals surface area (Å²) in [5, 5.41) is 0. The van der Waals surface area contributed by atoms with Crippen LogP contribution in [0.15, 0.2) is 0 Å². The topological polar surface area (TPSA) is 23.6 Å². The number of hydrogen-bond acceptors (Lipinski definition) is 2. The van der Waals surface area contributed by atoms with E-state index in [4.69, 9.17) is 0 Å². The molecule has 0 N–H and O–H groups in total. The SMILES string of the molecule is CC(C)CCN(C)CC(=O)N1CCCC(C(F)(F)F)C1. The lowest BCUT2D eigenvalue weighted by molar-refractivity contribution is -0.188. The molecule has 1 fully saturated rings. The van der Waals surface area contributed by atoms with Crippen LogP contribution in [0.3, 0.4) is 0 Å². The predicted octanol–water partition coefficient (Wildman–Crippen LogP) is 2.77. The number of piperidine rings is 1. The van der Waals surface area contributed by atoms with E-state index in [9.17, 15) is 18.0 Å². The Morgan fingerprint density at radius 3 is 2.60 bits per heavy atom. The van der Waals surface area contributed by atoms with Gasteiger partial charge in [-0.25, -0.2) is 0 Å². The third-order valence-electron chi connectivity index (χ3n) is 3.73. The van der Waals surface area contributed by atoms with Crippen molar-refractivity contribution in [2.75, 3.05) is 33.2 Å². The van der Waals surface area contributed by atoms with Gasteiger partial charge in [0.1, 0.15) is 0 Å². The summed E-state index contributed by atoms with van der Waals surface area (Å²) < 4.78 is 38.1. The summed E-state index contributed by atoms with van der Waals surface area (Å²) in [6, 6.07) is 0. The van der Waals surface area contributed by atoms with Crippen molar-refractivity contribution in [3.05, 3.63) is 0 Å². The van der Waals surface area contributed by atoms with Crippen LogP contribution in [0.5, 0.6) is 0 Å². The quantitative estimate of drug-likeness (QED) is 0.778. The Hall–Kier alpha value is -0.780. The van der Waals surface area contributed by atoms with Crippen molar-refractivity contribution >= 4 is 5.91 Å². The van der Waals surface area contributed by atoms with Gasteiger partial charge < -0.3 is 4.90 Å². The van der Waals surface area contributed by atoms with Gasteiger partial charge in [0.05, 0.1) is 12.5 Å². The number of carbonyl (C=O) groups is 1. The molecule has 0 aromatic heterocycles. The van der Waals surface area contributed by atoms with Crippen LogP contribution in [0.25, 0.3) is 0 Å². The van der Waals surface area contributed by atoms with E-state index in [1.165, 1.54) is 4.90 Å². The molecular weight excluding hydrogens is 269 g/mol. The number of carbonyl (C=O) groups excluding carboxylic acids is 1. The molecule has 0 saturated carbocycles. The molecule has 0 aromatic rings. The first-order valence-electron chi connectivity index (χ1n) is 7.23. The zero-order valence-corrected chi connectivity index (χ0v) is 12.5. The maximum atomic E-state index is 12.7. The fourth-order valence-corrected chi connectivity index (χ4v) is 2.36. The van der Waals surface area contributed by atoms with Crippen LogP contribution < -0.4 is 0 Å². The van der Waals surface area contributed by atoms with Crippen molar-refractivity contribution < 1.29 is 18.0 Å². The number of likely N-dealkylation sites (tertiary alicyclic amines) is 1. The van der Waals surface area contributed by atoms with Gasteiger partial charge in [-0.05, 0) is 38.8 Å². The Morgan fingerprint density at radius 2 is 2.05 bits per heavy atom. The second-order valence-electron chi connectivity index (χ2n) is 6.14. The number of nitrogens with zero attached hydrogens (tertiary/aromatic N) is 2. The summed E-state index contributed by atoms with van der Waals surface area (Å²) in [4.78, 5) is 15.3. The van der Waals surface area contributed by atoms with Crippen LogP contribution in [0.4, 0.5) is 13.2 Å². The lowest BCUT2D eigenvalue weighted by atomic mass is 9.97. The second kappa shape index (κ2) is 7.29. The smallest absolute Gasteiger partial charge is 0.341 e. The van der Waals surface area contributed by atoms with Crippen LogP contribution >= 0.6 is 0 Å². The fourth-order valence-electron chi connectivity index (χ4n) is 2.36. The molecule has 0 bridgehead atoms. The Labute approximate surface area is 119 Å². The maximum absolute atomic E-state index is 12.7. The zero-order chi connectivity index (χ0) is 15.3. The van der Waals surface area contributed by atoms with E-state index in [0.717, 1.165) is 13.0 Å². The Morgan fingerprint density at radius 1 is 1.40 bits per heavy atom. The van der Waals surface area contributed by atoms with Crippen LogP contribution in [0.2, 0.25) is 0 Å². The van der Waals surface area contributed by atoms with Crippen molar-refractivity contribution in [3.63, 3.8) is 0 Å². The Balaban J connectivity index is 2.43. The molecule has 1 aliphatic heterocycles. The van der Waals surface area contributed by atoms with Crippen molar-refractivity contribution in [2.24, 2.45) is 11.8 Å². The lowest BCUT2D eigenvalue weighted by Gasteiger charge is -2.34. The molecule has 0 aliphatic carbocycles. The number of halogens is 3. The summed E-state index contributed by atoms with van der Waals surface area (Å²) in [7, 11) is 1.84. The Kier molecular flexibility index (Phi) is 6.30. The van der Waals surface area contributed by atoms with E-state index in [2.05, 4.69) is 13.8 Å². The molecule has 1 heterocycles. The predicted molar refractivity (Wildman–Crippen MR) is 72.3 cm³/mol. The van der Waals surface area contributed by atoms with Crippen molar-refractivity contribution in [1.82, 2.24) is 9.80 Å². The second-order valence-corrected chi connectivity index (χ2v) is 6.14. The standard InChI is InChI=1S/C14H25F3N2O/c1-11(2)6-8-18(3)10-13(20)19-7-4-5-12(9-19)14(15,16)17/h11-12H,4-10H2,1-3H3. The van der Waals surface area contributed by atoms with E-state index < -0.39 is 12.1 Å². The first-order chi connectivity index (χ1) is 9.20. The molecule has 1 rings (SSSR count). The highest BCUT2D eigenvalue weighted by Crippen LogP contribution is 2.33. The van der Waals surface area contributed by atoms with Gasteiger partial charge in [0.2, 0.25) is 5.91 Å². The monoisotopic (exact) mass is 294 g/mol. The van der Waals surface area contributed by atoms with Crippen LogP contribution in [-0.2, 0) is 4.79 Å². The average molecular weight is 294 g/mol. The molecule has 1 aliphatic rings. The molecule has 3 nitrogen and oxygen atoms in total. The van der Waals surface area contributed by atoms with Gasteiger partial charge in [0.15, 0.2) is 0 Å². The van der Waals surface area contributed by atoms with Crippen LogP contribution in [0, 0.1) is 11.8 Å². The van der Waals surface area contributed by atoms with Gasteiger partial charge in [0, 0.05) is 13.1 Å². The summed E-state index contributed by atoms with van der Waals surface area (Å²) in [6.45, 7) is 5.48. The molecule has 1 atom stereocenters. The summed E-state index contributed by atoms with van der Waals surface area (Å²) in [6.07, 6.45) is -2.64. The minimum atomic E-state index is -4.19. The number of rotatable bonds is 5. The van der Waals surface area contributed by atoms with Gasteiger partial charge >= 0.3 is 6.18 Å².